The van der Waals surface area contributed by atoms with Gasteiger partial charge < -0.3 is 10.1 Å². The lowest BCUT2D eigenvalue weighted by Gasteiger charge is -2.19. The molecule has 0 radical (unpaired) electrons. The molecule has 2 nitrogen and oxygen atoms in total. The van der Waals surface area contributed by atoms with Gasteiger partial charge in [-0.25, -0.2) is 0 Å². The zero-order valence-corrected chi connectivity index (χ0v) is 9.73. The smallest absolute Gasteiger partial charge is 0.0677 e. The zero-order chi connectivity index (χ0) is 10.4. The van der Waals surface area contributed by atoms with Crippen LogP contribution in [0.1, 0.15) is 33.6 Å². The van der Waals surface area contributed by atoms with Crippen molar-refractivity contribution in [3.63, 3.8) is 0 Å². The Kier molecular flexibility index (Phi) is 4.63. The molecular formula is C12H23NO. The molecule has 82 valence electrons. The van der Waals surface area contributed by atoms with Crippen LogP contribution in [0.2, 0.25) is 0 Å². The third-order valence-corrected chi connectivity index (χ3v) is 2.44. The van der Waals surface area contributed by atoms with Crippen molar-refractivity contribution in [1.82, 2.24) is 5.32 Å². The number of rotatable bonds is 4. The molecule has 0 bridgehead atoms. The molecule has 0 aromatic heterocycles. The Morgan fingerprint density at radius 2 is 2.21 bits per heavy atom. The van der Waals surface area contributed by atoms with E-state index in [4.69, 9.17) is 4.74 Å². The Morgan fingerprint density at radius 3 is 2.79 bits per heavy atom. The normalized spacial score (nSPS) is 18.1. The molecule has 1 heterocycles. The summed E-state index contributed by atoms with van der Waals surface area (Å²) in [6.07, 6.45) is 4.54. The van der Waals surface area contributed by atoms with E-state index in [-0.39, 0.29) is 0 Å². The second-order valence-corrected chi connectivity index (χ2v) is 5.18. The first-order chi connectivity index (χ1) is 6.58. The summed E-state index contributed by atoms with van der Waals surface area (Å²) in [6.45, 7) is 10.6. The highest BCUT2D eigenvalue weighted by molar-refractivity contribution is 5.06. The molecule has 2 heteroatoms. The van der Waals surface area contributed by atoms with E-state index >= 15 is 0 Å². The summed E-state index contributed by atoms with van der Waals surface area (Å²) in [5, 5.41) is 3.30. The molecule has 0 saturated heterocycles. The standard InChI is InChI=1S/C12H23NO/c1-12(2,3)6-9-14-10-11-4-7-13-8-5-11/h4,13H,5-10H2,1-3H3. The van der Waals surface area contributed by atoms with E-state index in [1.165, 1.54) is 5.57 Å². The maximum atomic E-state index is 5.65. The summed E-state index contributed by atoms with van der Waals surface area (Å²) in [4.78, 5) is 0. The van der Waals surface area contributed by atoms with Crippen LogP contribution >= 0.6 is 0 Å². The minimum Gasteiger partial charge on any atom is -0.377 e. The number of ether oxygens (including phenoxy) is 1. The Balaban J connectivity index is 2.06. The van der Waals surface area contributed by atoms with Crippen LogP contribution in [0.25, 0.3) is 0 Å². The van der Waals surface area contributed by atoms with Gasteiger partial charge in [-0.3, -0.25) is 0 Å². The van der Waals surface area contributed by atoms with Gasteiger partial charge in [-0.1, -0.05) is 26.8 Å². The van der Waals surface area contributed by atoms with Crippen LogP contribution in [0, 0.1) is 5.41 Å². The summed E-state index contributed by atoms with van der Waals surface area (Å²) < 4.78 is 5.65. The van der Waals surface area contributed by atoms with Crippen molar-refractivity contribution in [1.29, 1.82) is 0 Å². The molecule has 1 aliphatic heterocycles. The first-order valence-corrected chi connectivity index (χ1v) is 5.54. The highest BCUT2D eigenvalue weighted by atomic mass is 16.5. The molecule has 14 heavy (non-hydrogen) atoms. The molecule has 0 saturated carbocycles. The molecule has 0 aromatic carbocycles. The topological polar surface area (TPSA) is 21.3 Å². The van der Waals surface area contributed by atoms with Crippen molar-refractivity contribution in [2.75, 3.05) is 26.3 Å². The van der Waals surface area contributed by atoms with E-state index in [2.05, 4.69) is 32.2 Å². The van der Waals surface area contributed by atoms with E-state index < -0.39 is 0 Å². The summed E-state index contributed by atoms with van der Waals surface area (Å²) in [6, 6.07) is 0. The Morgan fingerprint density at radius 1 is 1.43 bits per heavy atom. The maximum absolute atomic E-state index is 5.65. The van der Waals surface area contributed by atoms with Gasteiger partial charge in [-0.2, -0.15) is 0 Å². The number of nitrogens with one attached hydrogen (secondary N) is 1. The second-order valence-electron chi connectivity index (χ2n) is 5.18. The third-order valence-electron chi connectivity index (χ3n) is 2.44. The van der Waals surface area contributed by atoms with Gasteiger partial charge >= 0.3 is 0 Å². The Bertz CT molecular complexity index is 191. The SMILES string of the molecule is CC(C)(C)CCOCC1=CCNCC1. The van der Waals surface area contributed by atoms with Gasteiger partial charge in [0.2, 0.25) is 0 Å². The van der Waals surface area contributed by atoms with Crippen molar-refractivity contribution in [2.45, 2.75) is 33.6 Å². The van der Waals surface area contributed by atoms with Crippen molar-refractivity contribution in [2.24, 2.45) is 5.41 Å². The number of hydrogen-bond acceptors (Lipinski definition) is 2. The van der Waals surface area contributed by atoms with Gasteiger partial charge in [0.05, 0.1) is 6.61 Å². The molecule has 0 aromatic rings. The second kappa shape index (κ2) is 5.52. The average Bonchev–Trinajstić information content (AvgIpc) is 2.13. The van der Waals surface area contributed by atoms with E-state index in [0.29, 0.717) is 5.41 Å². The minimum absolute atomic E-state index is 0.391. The largest absolute Gasteiger partial charge is 0.377 e. The maximum Gasteiger partial charge on any atom is 0.0677 e. The molecule has 0 fully saturated rings. The van der Waals surface area contributed by atoms with Crippen LogP contribution < -0.4 is 5.32 Å². The first-order valence-electron chi connectivity index (χ1n) is 5.54. The first kappa shape index (κ1) is 11.7. The molecule has 0 spiro atoms. The third kappa shape index (κ3) is 5.40. The molecule has 0 amide bonds. The van der Waals surface area contributed by atoms with Crippen molar-refractivity contribution in [3.05, 3.63) is 11.6 Å². The van der Waals surface area contributed by atoms with Crippen LogP contribution in [-0.2, 0) is 4.74 Å². The fourth-order valence-corrected chi connectivity index (χ4v) is 1.38. The lowest BCUT2D eigenvalue weighted by molar-refractivity contribution is 0.124. The predicted octanol–water partition coefficient (Wildman–Crippen LogP) is 2.36. The predicted molar refractivity (Wildman–Crippen MR) is 60.5 cm³/mol. The van der Waals surface area contributed by atoms with Crippen LogP contribution in [-0.4, -0.2) is 26.3 Å². The summed E-state index contributed by atoms with van der Waals surface area (Å²) in [5.74, 6) is 0. The Labute approximate surface area is 87.7 Å². The van der Waals surface area contributed by atoms with Crippen LogP contribution in [0.5, 0.6) is 0 Å². The summed E-state index contributed by atoms with van der Waals surface area (Å²) in [5.41, 5.74) is 1.85. The lowest BCUT2D eigenvalue weighted by atomic mass is 9.93. The molecule has 1 aliphatic rings. The summed E-state index contributed by atoms with van der Waals surface area (Å²) >= 11 is 0. The van der Waals surface area contributed by atoms with Crippen LogP contribution in [0.4, 0.5) is 0 Å². The molecule has 1 N–H and O–H groups in total. The quantitative estimate of drug-likeness (QED) is 0.552. The average molecular weight is 197 g/mol. The fraction of sp³-hybridized carbons (Fsp3) is 0.833. The van der Waals surface area contributed by atoms with Gasteiger partial charge in [-0.15, -0.1) is 0 Å². The molecule has 0 atom stereocenters. The molecule has 0 unspecified atom stereocenters. The van der Waals surface area contributed by atoms with Crippen molar-refractivity contribution >= 4 is 0 Å². The van der Waals surface area contributed by atoms with E-state index in [0.717, 1.165) is 39.1 Å². The van der Waals surface area contributed by atoms with Gasteiger partial charge in [0.1, 0.15) is 0 Å². The van der Waals surface area contributed by atoms with Gasteiger partial charge in [0.15, 0.2) is 0 Å². The van der Waals surface area contributed by atoms with Crippen molar-refractivity contribution in [3.8, 4) is 0 Å². The molecule has 1 rings (SSSR count). The molecular weight excluding hydrogens is 174 g/mol. The van der Waals surface area contributed by atoms with Crippen LogP contribution in [0.3, 0.4) is 0 Å². The fourth-order valence-electron chi connectivity index (χ4n) is 1.38. The van der Waals surface area contributed by atoms with Crippen LogP contribution in [0.15, 0.2) is 11.6 Å². The highest BCUT2D eigenvalue weighted by Gasteiger charge is 2.09. The number of hydrogen-bond donors (Lipinski definition) is 1. The van der Waals surface area contributed by atoms with E-state index in [1.807, 2.05) is 0 Å². The van der Waals surface area contributed by atoms with Crippen molar-refractivity contribution < 1.29 is 4.74 Å². The van der Waals surface area contributed by atoms with E-state index in [9.17, 15) is 0 Å². The highest BCUT2D eigenvalue weighted by Crippen LogP contribution is 2.18. The molecule has 0 aliphatic carbocycles. The lowest BCUT2D eigenvalue weighted by Crippen LogP contribution is -2.22. The van der Waals surface area contributed by atoms with Gasteiger partial charge in [0.25, 0.3) is 0 Å². The summed E-state index contributed by atoms with van der Waals surface area (Å²) in [7, 11) is 0. The van der Waals surface area contributed by atoms with Gasteiger partial charge in [-0.05, 0) is 30.4 Å². The monoisotopic (exact) mass is 197 g/mol. The van der Waals surface area contributed by atoms with Gasteiger partial charge in [0, 0.05) is 13.2 Å². The zero-order valence-electron chi connectivity index (χ0n) is 9.73. The minimum atomic E-state index is 0.391. The Hall–Kier alpha value is -0.340. The van der Waals surface area contributed by atoms with E-state index in [1.54, 1.807) is 0 Å².